The first-order valence-electron chi connectivity index (χ1n) is 8.04. The molecule has 0 spiro atoms. The molecule has 0 saturated carbocycles. The van der Waals surface area contributed by atoms with Gasteiger partial charge in [0.05, 0.1) is 0 Å². The van der Waals surface area contributed by atoms with Crippen LogP contribution in [0.1, 0.15) is 30.0 Å². The lowest BCUT2D eigenvalue weighted by Gasteiger charge is -2.41. The van der Waals surface area contributed by atoms with Crippen molar-refractivity contribution in [1.82, 2.24) is 10.2 Å². The molecule has 1 N–H and O–H groups in total. The summed E-state index contributed by atoms with van der Waals surface area (Å²) < 4.78 is 5.56. The lowest BCUT2D eigenvalue weighted by Crippen LogP contribution is -2.47. The number of ether oxygens (including phenoxy) is 1. The van der Waals surface area contributed by atoms with Gasteiger partial charge in [0, 0.05) is 50.5 Å². The maximum absolute atomic E-state index is 6.38. The molecule has 3 nitrogen and oxygen atoms in total. The molecule has 0 unspecified atom stereocenters. The second kappa shape index (κ2) is 10.1. The Bertz CT molecular complexity index is 457. The van der Waals surface area contributed by atoms with Gasteiger partial charge < -0.3 is 10.1 Å². The molecule has 3 rings (SSSR count). The average Bonchev–Trinajstić information content (AvgIpc) is 2.53. The minimum Gasteiger partial charge on any atom is -0.381 e. The zero-order valence-electron chi connectivity index (χ0n) is 13.6. The summed E-state index contributed by atoms with van der Waals surface area (Å²) >= 11 is 6.38. The van der Waals surface area contributed by atoms with Crippen LogP contribution < -0.4 is 5.32 Å². The Balaban J connectivity index is 0.00000132. The molecule has 1 atom stereocenters. The van der Waals surface area contributed by atoms with Gasteiger partial charge >= 0.3 is 0 Å². The third kappa shape index (κ3) is 5.22. The van der Waals surface area contributed by atoms with E-state index in [0.29, 0.717) is 12.0 Å². The van der Waals surface area contributed by atoms with Crippen LogP contribution in [0.4, 0.5) is 0 Å². The third-order valence-corrected chi connectivity index (χ3v) is 5.20. The predicted octanol–water partition coefficient (Wildman–Crippen LogP) is 3.86. The van der Waals surface area contributed by atoms with E-state index in [-0.39, 0.29) is 24.8 Å². The molecule has 0 aliphatic carbocycles. The standard InChI is InChI=1S/C17H25ClN2O.2ClH/c1-13-2-3-15(12-16(13)18)17(14-4-10-21-11-5-14)20-8-6-19-7-9-20;;/h2-3,12,14,17,19H,4-11H2,1H3;2*1H/t17-;;/m0../s1. The van der Waals surface area contributed by atoms with E-state index in [9.17, 15) is 0 Å². The maximum atomic E-state index is 6.38. The van der Waals surface area contributed by atoms with E-state index in [1.807, 2.05) is 0 Å². The van der Waals surface area contributed by atoms with Crippen molar-refractivity contribution in [3.8, 4) is 0 Å². The molecule has 2 aliphatic heterocycles. The molecular formula is C17H27Cl3N2O. The second-order valence-corrected chi connectivity index (χ2v) is 6.60. The lowest BCUT2D eigenvalue weighted by atomic mass is 9.85. The SMILES string of the molecule is Cc1ccc([C@H](C2CCOCC2)N2CCNCC2)cc1Cl.Cl.Cl. The van der Waals surface area contributed by atoms with Crippen LogP contribution in [0.2, 0.25) is 5.02 Å². The fourth-order valence-electron chi connectivity index (χ4n) is 3.57. The summed E-state index contributed by atoms with van der Waals surface area (Å²) in [4.78, 5) is 2.63. The smallest absolute Gasteiger partial charge is 0.0469 e. The van der Waals surface area contributed by atoms with Gasteiger partial charge in [0.1, 0.15) is 0 Å². The van der Waals surface area contributed by atoms with Gasteiger partial charge in [0.15, 0.2) is 0 Å². The highest BCUT2D eigenvalue weighted by Crippen LogP contribution is 2.36. The molecular weight excluding hydrogens is 355 g/mol. The fraction of sp³-hybridized carbons (Fsp3) is 0.647. The Labute approximate surface area is 156 Å². The maximum Gasteiger partial charge on any atom is 0.0469 e. The number of rotatable bonds is 3. The van der Waals surface area contributed by atoms with Crippen LogP contribution in [0, 0.1) is 12.8 Å². The molecule has 1 aromatic carbocycles. The summed E-state index contributed by atoms with van der Waals surface area (Å²) in [6, 6.07) is 7.09. The van der Waals surface area contributed by atoms with E-state index in [0.717, 1.165) is 62.8 Å². The van der Waals surface area contributed by atoms with Crippen molar-refractivity contribution < 1.29 is 4.74 Å². The normalized spacial score (nSPS) is 21.1. The molecule has 1 aromatic rings. The van der Waals surface area contributed by atoms with Gasteiger partial charge in [-0.15, -0.1) is 24.8 Å². The van der Waals surface area contributed by atoms with E-state index >= 15 is 0 Å². The van der Waals surface area contributed by atoms with Crippen molar-refractivity contribution in [3.63, 3.8) is 0 Å². The largest absolute Gasteiger partial charge is 0.381 e. The summed E-state index contributed by atoms with van der Waals surface area (Å²) in [5, 5.41) is 4.34. The number of hydrogen-bond acceptors (Lipinski definition) is 3. The molecule has 6 heteroatoms. The van der Waals surface area contributed by atoms with Crippen LogP contribution in [-0.2, 0) is 4.74 Å². The first-order valence-corrected chi connectivity index (χ1v) is 8.42. The topological polar surface area (TPSA) is 24.5 Å². The van der Waals surface area contributed by atoms with Crippen molar-refractivity contribution >= 4 is 36.4 Å². The van der Waals surface area contributed by atoms with Gasteiger partial charge in [-0.25, -0.2) is 0 Å². The second-order valence-electron chi connectivity index (χ2n) is 6.19. The molecule has 2 fully saturated rings. The van der Waals surface area contributed by atoms with Crippen molar-refractivity contribution in [2.45, 2.75) is 25.8 Å². The number of halogens is 3. The Morgan fingerprint density at radius 3 is 2.43 bits per heavy atom. The molecule has 0 amide bonds. The highest BCUT2D eigenvalue weighted by molar-refractivity contribution is 6.31. The van der Waals surface area contributed by atoms with E-state index in [1.54, 1.807) is 0 Å². The summed E-state index contributed by atoms with van der Waals surface area (Å²) in [5.74, 6) is 0.677. The van der Waals surface area contributed by atoms with E-state index in [2.05, 4.69) is 35.3 Å². The molecule has 0 aromatic heterocycles. The first-order chi connectivity index (χ1) is 10.3. The molecule has 0 radical (unpaired) electrons. The summed E-state index contributed by atoms with van der Waals surface area (Å²) in [6.07, 6.45) is 2.31. The van der Waals surface area contributed by atoms with Gasteiger partial charge in [-0.05, 0) is 42.9 Å². The number of nitrogens with one attached hydrogen (secondary N) is 1. The van der Waals surface area contributed by atoms with Gasteiger partial charge in [-0.1, -0.05) is 23.7 Å². The van der Waals surface area contributed by atoms with E-state index < -0.39 is 0 Å². The van der Waals surface area contributed by atoms with Gasteiger partial charge in [0.2, 0.25) is 0 Å². The zero-order chi connectivity index (χ0) is 14.7. The number of benzene rings is 1. The van der Waals surface area contributed by atoms with Crippen LogP contribution in [0.5, 0.6) is 0 Å². The van der Waals surface area contributed by atoms with Crippen LogP contribution in [0.3, 0.4) is 0 Å². The van der Waals surface area contributed by atoms with Crippen molar-refractivity contribution in [1.29, 1.82) is 0 Å². The lowest BCUT2D eigenvalue weighted by molar-refractivity contribution is 0.0213. The molecule has 2 aliphatic rings. The quantitative estimate of drug-likeness (QED) is 0.860. The van der Waals surface area contributed by atoms with Crippen LogP contribution in [0.25, 0.3) is 0 Å². The van der Waals surface area contributed by atoms with E-state index in [1.165, 1.54) is 5.56 Å². The van der Waals surface area contributed by atoms with Gasteiger partial charge in [-0.3, -0.25) is 4.90 Å². The zero-order valence-corrected chi connectivity index (χ0v) is 16.0. The van der Waals surface area contributed by atoms with Crippen LogP contribution in [0.15, 0.2) is 18.2 Å². The average molecular weight is 382 g/mol. The minimum absolute atomic E-state index is 0. The fourth-order valence-corrected chi connectivity index (χ4v) is 3.76. The third-order valence-electron chi connectivity index (χ3n) is 4.79. The summed E-state index contributed by atoms with van der Waals surface area (Å²) in [7, 11) is 0. The molecule has 0 bridgehead atoms. The van der Waals surface area contributed by atoms with Crippen LogP contribution >= 0.6 is 36.4 Å². The molecule has 2 heterocycles. The van der Waals surface area contributed by atoms with Crippen molar-refractivity contribution in [3.05, 3.63) is 34.3 Å². The monoisotopic (exact) mass is 380 g/mol. The Morgan fingerprint density at radius 2 is 1.83 bits per heavy atom. The highest BCUT2D eigenvalue weighted by Gasteiger charge is 2.31. The first kappa shape index (κ1) is 21.0. The van der Waals surface area contributed by atoms with Crippen LogP contribution in [-0.4, -0.2) is 44.3 Å². The molecule has 23 heavy (non-hydrogen) atoms. The van der Waals surface area contributed by atoms with E-state index in [4.69, 9.17) is 16.3 Å². The summed E-state index contributed by atoms with van der Waals surface area (Å²) in [6.45, 7) is 8.26. The molecule has 2 saturated heterocycles. The predicted molar refractivity (Wildman–Crippen MR) is 101 cm³/mol. The summed E-state index contributed by atoms with van der Waals surface area (Å²) in [5.41, 5.74) is 2.53. The highest BCUT2D eigenvalue weighted by atomic mass is 35.5. The number of hydrogen-bond donors (Lipinski definition) is 1. The van der Waals surface area contributed by atoms with Crippen molar-refractivity contribution in [2.75, 3.05) is 39.4 Å². The number of aryl methyl sites for hydroxylation is 1. The van der Waals surface area contributed by atoms with Crippen molar-refractivity contribution in [2.24, 2.45) is 5.92 Å². The minimum atomic E-state index is 0. The number of nitrogens with zero attached hydrogens (tertiary/aromatic N) is 1. The Hall–Kier alpha value is -0.0300. The Kier molecular flexibility index (Phi) is 9.20. The number of piperazine rings is 1. The molecule has 132 valence electrons. The van der Waals surface area contributed by atoms with Gasteiger partial charge in [-0.2, -0.15) is 0 Å². The van der Waals surface area contributed by atoms with Gasteiger partial charge in [0.25, 0.3) is 0 Å². The Morgan fingerprint density at radius 1 is 1.17 bits per heavy atom.